The maximum atomic E-state index is 14.8. The first-order chi connectivity index (χ1) is 17.2. The molecule has 7 nitrogen and oxygen atoms in total. The molecule has 1 saturated heterocycles. The van der Waals surface area contributed by atoms with Crippen molar-refractivity contribution in [2.24, 2.45) is 0 Å². The summed E-state index contributed by atoms with van der Waals surface area (Å²) in [6.45, 7) is -0.257. The molecule has 2 aliphatic rings. The summed E-state index contributed by atoms with van der Waals surface area (Å²) in [7, 11) is 0. The SMILES string of the molecule is O=C(NC1=CCc2ccc(Cl)cc21)c1cc(-c2cnc(N3CCN(CC(F)(F)F)CC3)c(F)c2)on1. The van der Waals surface area contributed by atoms with Crippen LogP contribution in [0.4, 0.5) is 23.4 Å². The number of benzene rings is 1. The first-order valence-electron chi connectivity index (χ1n) is 11.1. The number of hydrogen-bond acceptors (Lipinski definition) is 6. The average molecular weight is 522 g/mol. The predicted octanol–water partition coefficient (Wildman–Crippen LogP) is 4.54. The second-order valence-electron chi connectivity index (χ2n) is 8.56. The number of halogens is 5. The Morgan fingerprint density at radius 1 is 1.14 bits per heavy atom. The van der Waals surface area contributed by atoms with Crippen molar-refractivity contribution in [2.45, 2.75) is 12.6 Å². The lowest BCUT2D eigenvalue weighted by molar-refractivity contribution is -0.146. The Labute approximate surface area is 208 Å². The van der Waals surface area contributed by atoms with Crippen LogP contribution in [0.2, 0.25) is 5.02 Å². The lowest BCUT2D eigenvalue weighted by Gasteiger charge is -2.35. The van der Waals surface area contributed by atoms with Crippen LogP contribution in [0.1, 0.15) is 21.6 Å². The molecule has 0 spiro atoms. The number of carbonyl (C=O) groups is 1. The van der Waals surface area contributed by atoms with Crippen LogP contribution in [0.15, 0.2) is 47.1 Å². The van der Waals surface area contributed by atoms with Crippen LogP contribution in [0.3, 0.4) is 0 Å². The van der Waals surface area contributed by atoms with Crippen LogP contribution in [-0.2, 0) is 6.42 Å². The van der Waals surface area contributed by atoms with E-state index in [1.807, 2.05) is 12.1 Å². The van der Waals surface area contributed by atoms with Gasteiger partial charge in [-0.25, -0.2) is 9.37 Å². The van der Waals surface area contributed by atoms with Crippen molar-refractivity contribution in [3.05, 3.63) is 70.3 Å². The molecule has 188 valence electrons. The second kappa shape index (κ2) is 9.55. The number of piperazine rings is 1. The zero-order valence-electron chi connectivity index (χ0n) is 18.8. The van der Waals surface area contributed by atoms with Crippen LogP contribution < -0.4 is 10.2 Å². The monoisotopic (exact) mass is 521 g/mol. The fourth-order valence-electron chi connectivity index (χ4n) is 4.29. The molecule has 1 aliphatic heterocycles. The Balaban J connectivity index is 1.24. The average Bonchev–Trinajstić information content (AvgIpc) is 3.46. The standard InChI is InChI=1S/C24H20ClF4N5O2/c25-16-3-1-14-2-4-19(17(14)10-16)31-23(35)20-11-21(36-32-20)15-9-18(26)22(30-12-15)34-7-5-33(6-8-34)13-24(27,28)29/h1,3-4,9-12H,2,5-8,13H2,(H,31,35). The Morgan fingerprint density at radius 2 is 1.92 bits per heavy atom. The van der Waals surface area contributed by atoms with Gasteiger partial charge in [-0.15, -0.1) is 0 Å². The molecule has 12 heteroatoms. The highest BCUT2D eigenvalue weighted by atomic mass is 35.5. The van der Waals surface area contributed by atoms with Gasteiger partial charge in [-0.05, 0) is 30.2 Å². The number of nitrogens with one attached hydrogen (secondary N) is 1. The summed E-state index contributed by atoms with van der Waals surface area (Å²) in [5, 5.41) is 7.14. The molecule has 0 radical (unpaired) electrons. The minimum Gasteiger partial charge on any atom is -0.355 e. The van der Waals surface area contributed by atoms with E-state index in [4.69, 9.17) is 16.1 Å². The molecule has 3 heterocycles. The zero-order chi connectivity index (χ0) is 25.4. The number of alkyl halides is 3. The van der Waals surface area contributed by atoms with E-state index in [9.17, 15) is 22.4 Å². The number of allylic oxidation sites excluding steroid dienone is 1. The Bertz CT molecular complexity index is 1330. The highest BCUT2D eigenvalue weighted by Crippen LogP contribution is 2.29. The molecule has 1 aliphatic carbocycles. The van der Waals surface area contributed by atoms with Gasteiger partial charge >= 0.3 is 6.18 Å². The van der Waals surface area contributed by atoms with Crippen molar-refractivity contribution in [3.8, 4) is 11.3 Å². The van der Waals surface area contributed by atoms with E-state index in [-0.39, 0.29) is 49.0 Å². The Kier molecular flexibility index (Phi) is 6.44. The maximum Gasteiger partial charge on any atom is 0.401 e. The van der Waals surface area contributed by atoms with Crippen molar-refractivity contribution >= 4 is 29.0 Å². The van der Waals surface area contributed by atoms with Gasteiger partial charge < -0.3 is 14.7 Å². The van der Waals surface area contributed by atoms with Crippen LogP contribution >= 0.6 is 11.6 Å². The molecule has 1 amide bonds. The molecule has 0 unspecified atom stereocenters. The molecule has 1 aromatic carbocycles. The van der Waals surface area contributed by atoms with E-state index in [0.29, 0.717) is 17.1 Å². The number of aromatic nitrogens is 2. The van der Waals surface area contributed by atoms with Gasteiger partial charge in [0.25, 0.3) is 5.91 Å². The number of amides is 1. The van der Waals surface area contributed by atoms with Crippen molar-refractivity contribution in [3.63, 3.8) is 0 Å². The minimum atomic E-state index is -4.27. The predicted molar refractivity (Wildman–Crippen MR) is 125 cm³/mol. The molecule has 1 fully saturated rings. The summed E-state index contributed by atoms with van der Waals surface area (Å²) < 4.78 is 57.8. The van der Waals surface area contributed by atoms with Gasteiger partial charge in [-0.2, -0.15) is 13.2 Å². The molecule has 0 bridgehead atoms. The molecule has 3 aromatic rings. The molecule has 0 saturated carbocycles. The third-order valence-corrected chi connectivity index (χ3v) is 6.30. The summed E-state index contributed by atoms with van der Waals surface area (Å²) >= 11 is 6.07. The molecule has 1 N–H and O–H groups in total. The smallest absolute Gasteiger partial charge is 0.355 e. The summed E-state index contributed by atoms with van der Waals surface area (Å²) in [6.07, 6.45) is -0.353. The maximum absolute atomic E-state index is 14.8. The summed E-state index contributed by atoms with van der Waals surface area (Å²) in [5.74, 6) is -0.944. The van der Waals surface area contributed by atoms with E-state index in [1.54, 1.807) is 17.0 Å². The number of nitrogens with zero attached hydrogens (tertiary/aromatic N) is 4. The van der Waals surface area contributed by atoms with Gasteiger partial charge in [0.05, 0.1) is 6.54 Å². The molecule has 0 atom stereocenters. The Morgan fingerprint density at radius 3 is 2.64 bits per heavy atom. The van der Waals surface area contributed by atoms with Crippen molar-refractivity contribution in [2.75, 3.05) is 37.6 Å². The van der Waals surface area contributed by atoms with Gasteiger partial charge in [0.2, 0.25) is 0 Å². The number of carbonyl (C=O) groups excluding carboxylic acids is 1. The van der Waals surface area contributed by atoms with Gasteiger partial charge in [-0.1, -0.05) is 28.9 Å². The van der Waals surface area contributed by atoms with E-state index < -0.39 is 24.4 Å². The molecule has 36 heavy (non-hydrogen) atoms. The van der Waals surface area contributed by atoms with E-state index in [1.165, 1.54) is 23.2 Å². The van der Waals surface area contributed by atoms with E-state index >= 15 is 0 Å². The van der Waals surface area contributed by atoms with E-state index in [2.05, 4.69) is 15.5 Å². The Hall–Kier alpha value is -3.44. The fourth-order valence-corrected chi connectivity index (χ4v) is 4.46. The van der Waals surface area contributed by atoms with Crippen molar-refractivity contribution in [1.29, 1.82) is 0 Å². The highest BCUT2D eigenvalue weighted by Gasteiger charge is 2.32. The normalized spacial score (nSPS) is 16.1. The minimum absolute atomic E-state index is 0.00616. The van der Waals surface area contributed by atoms with Gasteiger partial charge in [-0.3, -0.25) is 9.69 Å². The second-order valence-corrected chi connectivity index (χ2v) is 9.00. The van der Waals surface area contributed by atoms with Gasteiger partial charge in [0, 0.05) is 60.3 Å². The first kappa shape index (κ1) is 24.3. The quantitative estimate of drug-likeness (QED) is 0.497. The van der Waals surface area contributed by atoms with Crippen molar-refractivity contribution in [1.82, 2.24) is 20.4 Å². The topological polar surface area (TPSA) is 74.5 Å². The van der Waals surface area contributed by atoms with Gasteiger partial charge in [0.1, 0.15) is 0 Å². The number of fused-ring (bicyclic) bond motifs is 1. The number of anilines is 1. The molecule has 5 rings (SSSR count). The van der Waals surface area contributed by atoms with Crippen LogP contribution in [-0.4, -0.2) is 59.8 Å². The van der Waals surface area contributed by atoms with E-state index in [0.717, 1.165) is 11.1 Å². The largest absolute Gasteiger partial charge is 0.401 e. The fraction of sp³-hybridized carbons (Fsp3) is 0.292. The third-order valence-electron chi connectivity index (χ3n) is 6.06. The molecule has 2 aromatic heterocycles. The van der Waals surface area contributed by atoms with Crippen LogP contribution in [0.25, 0.3) is 17.0 Å². The van der Waals surface area contributed by atoms with Crippen LogP contribution in [0, 0.1) is 5.82 Å². The first-order valence-corrected chi connectivity index (χ1v) is 11.5. The summed E-state index contributed by atoms with van der Waals surface area (Å²) in [5.41, 5.74) is 2.77. The lowest BCUT2D eigenvalue weighted by atomic mass is 10.1. The third kappa shape index (κ3) is 5.21. The van der Waals surface area contributed by atoms with Crippen LogP contribution in [0.5, 0.6) is 0 Å². The highest BCUT2D eigenvalue weighted by molar-refractivity contribution is 6.30. The number of hydrogen-bond donors (Lipinski definition) is 1. The van der Waals surface area contributed by atoms with Crippen molar-refractivity contribution < 1.29 is 26.9 Å². The van der Waals surface area contributed by atoms with Gasteiger partial charge in [0.15, 0.2) is 23.1 Å². The molecular weight excluding hydrogens is 502 g/mol. The number of rotatable bonds is 5. The summed E-state index contributed by atoms with van der Waals surface area (Å²) in [6, 6.07) is 8.04. The summed E-state index contributed by atoms with van der Waals surface area (Å²) in [4.78, 5) is 19.7. The zero-order valence-corrected chi connectivity index (χ0v) is 19.5. The number of pyridine rings is 1. The molecular formula is C24H20ClF4N5O2. The lowest BCUT2D eigenvalue weighted by Crippen LogP contribution is -2.49.